The molecule has 1 amide bonds. The van der Waals surface area contributed by atoms with Crippen molar-refractivity contribution in [2.75, 3.05) is 13.1 Å². The van der Waals surface area contributed by atoms with Crippen LogP contribution < -0.4 is 0 Å². The molecule has 0 unspecified atom stereocenters. The Bertz CT molecular complexity index is 295. The summed E-state index contributed by atoms with van der Waals surface area (Å²) in [5.74, 6) is 0.399. The van der Waals surface area contributed by atoms with E-state index in [1.807, 2.05) is 0 Å². The molecule has 0 atom stereocenters. The van der Waals surface area contributed by atoms with Crippen molar-refractivity contribution in [1.29, 1.82) is 0 Å². The molecule has 0 aliphatic heterocycles. The Balaban J connectivity index is 3.44. The fourth-order valence-corrected chi connectivity index (χ4v) is 3.69. The monoisotopic (exact) mass is 381 g/mol. The molecule has 0 radical (unpaired) electrons. The van der Waals surface area contributed by atoms with Crippen molar-refractivity contribution in [3.8, 4) is 0 Å². The van der Waals surface area contributed by atoms with Gasteiger partial charge in [0.05, 0.1) is 0 Å². The molecule has 0 heterocycles. The molecule has 0 aliphatic rings. The number of carbonyl (C=O) groups excluding carboxylic acids is 1. The number of hydrogen-bond donors (Lipinski definition) is 0. The third-order valence-electron chi connectivity index (χ3n) is 5.66. The fourth-order valence-electron chi connectivity index (χ4n) is 3.69. The summed E-state index contributed by atoms with van der Waals surface area (Å²) in [6.07, 6.45) is 24.6. The summed E-state index contributed by atoms with van der Waals surface area (Å²) in [6, 6.07) is 0. The summed E-state index contributed by atoms with van der Waals surface area (Å²) in [4.78, 5) is 14.5. The van der Waals surface area contributed by atoms with Gasteiger partial charge in [0.15, 0.2) is 0 Å². The Hall–Kier alpha value is -0.530. The molecule has 2 heteroatoms. The summed E-state index contributed by atoms with van der Waals surface area (Å²) in [5.41, 5.74) is 0. The predicted octanol–water partition coefficient (Wildman–Crippen LogP) is 8.29. The van der Waals surface area contributed by atoms with Crippen LogP contribution in [0.1, 0.15) is 143 Å². The maximum absolute atomic E-state index is 12.4. The first-order valence-electron chi connectivity index (χ1n) is 12.5. The first-order chi connectivity index (χ1) is 13.3. The zero-order valence-corrected chi connectivity index (χ0v) is 19.2. The Labute approximate surface area is 171 Å². The SMILES string of the molecule is CCCCCCCCCCCCCCCCC(=O)N(CCCC)CCCC. The standard InChI is InChI=1S/C25H51NO/c1-4-7-10-11-12-13-14-15-16-17-18-19-20-21-22-25(27)26(23-8-5-2)24-9-6-3/h4-24H2,1-3H3. The van der Waals surface area contributed by atoms with Gasteiger partial charge >= 0.3 is 0 Å². The number of nitrogens with zero attached hydrogens (tertiary/aromatic N) is 1. The van der Waals surface area contributed by atoms with Crippen LogP contribution in [-0.2, 0) is 4.79 Å². The fraction of sp³-hybridized carbons (Fsp3) is 0.960. The molecule has 0 saturated carbocycles. The predicted molar refractivity (Wildman–Crippen MR) is 121 cm³/mol. The minimum Gasteiger partial charge on any atom is -0.343 e. The lowest BCUT2D eigenvalue weighted by Crippen LogP contribution is -2.32. The van der Waals surface area contributed by atoms with Crippen LogP contribution in [0.25, 0.3) is 0 Å². The second kappa shape index (κ2) is 21.8. The van der Waals surface area contributed by atoms with Crippen LogP contribution in [0.15, 0.2) is 0 Å². The van der Waals surface area contributed by atoms with Crippen molar-refractivity contribution in [2.45, 2.75) is 143 Å². The van der Waals surface area contributed by atoms with Gasteiger partial charge in [-0.25, -0.2) is 0 Å². The Morgan fingerprint density at radius 3 is 1.19 bits per heavy atom. The van der Waals surface area contributed by atoms with Gasteiger partial charge in [-0.3, -0.25) is 4.79 Å². The van der Waals surface area contributed by atoms with Crippen LogP contribution in [0.4, 0.5) is 0 Å². The Morgan fingerprint density at radius 2 is 0.815 bits per heavy atom. The highest BCUT2D eigenvalue weighted by Gasteiger charge is 2.11. The molecule has 0 rings (SSSR count). The highest BCUT2D eigenvalue weighted by atomic mass is 16.2. The average molecular weight is 382 g/mol. The molecule has 0 aromatic carbocycles. The summed E-state index contributed by atoms with van der Waals surface area (Å²) in [7, 11) is 0. The number of unbranched alkanes of at least 4 members (excludes halogenated alkanes) is 15. The molecule has 0 N–H and O–H groups in total. The summed E-state index contributed by atoms with van der Waals surface area (Å²) < 4.78 is 0. The normalized spacial score (nSPS) is 11.1. The van der Waals surface area contributed by atoms with Crippen LogP contribution in [-0.4, -0.2) is 23.9 Å². The van der Waals surface area contributed by atoms with Gasteiger partial charge in [0, 0.05) is 19.5 Å². The van der Waals surface area contributed by atoms with Crippen molar-refractivity contribution < 1.29 is 4.79 Å². The average Bonchev–Trinajstić information content (AvgIpc) is 2.68. The van der Waals surface area contributed by atoms with Crippen LogP contribution >= 0.6 is 0 Å². The topological polar surface area (TPSA) is 20.3 Å². The van der Waals surface area contributed by atoms with Gasteiger partial charge < -0.3 is 4.90 Å². The minimum atomic E-state index is 0.399. The van der Waals surface area contributed by atoms with Crippen molar-refractivity contribution in [3.63, 3.8) is 0 Å². The lowest BCUT2D eigenvalue weighted by Gasteiger charge is -2.22. The van der Waals surface area contributed by atoms with E-state index >= 15 is 0 Å². The van der Waals surface area contributed by atoms with E-state index in [1.54, 1.807) is 0 Å². The van der Waals surface area contributed by atoms with E-state index in [2.05, 4.69) is 25.7 Å². The van der Waals surface area contributed by atoms with Gasteiger partial charge in [-0.15, -0.1) is 0 Å². The van der Waals surface area contributed by atoms with Gasteiger partial charge in [0.1, 0.15) is 0 Å². The van der Waals surface area contributed by atoms with E-state index in [-0.39, 0.29) is 0 Å². The smallest absolute Gasteiger partial charge is 0.222 e. The van der Waals surface area contributed by atoms with Crippen molar-refractivity contribution in [1.82, 2.24) is 4.90 Å². The third-order valence-corrected chi connectivity index (χ3v) is 5.66. The number of rotatable bonds is 21. The van der Waals surface area contributed by atoms with Gasteiger partial charge in [0.25, 0.3) is 0 Å². The first kappa shape index (κ1) is 26.5. The summed E-state index contributed by atoms with van der Waals surface area (Å²) >= 11 is 0. The second-order valence-electron chi connectivity index (χ2n) is 8.43. The van der Waals surface area contributed by atoms with E-state index in [4.69, 9.17) is 0 Å². The minimum absolute atomic E-state index is 0.399. The lowest BCUT2D eigenvalue weighted by atomic mass is 10.0. The van der Waals surface area contributed by atoms with Gasteiger partial charge in [-0.1, -0.05) is 117 Å². The van der Waals surface area contributed by atoms with E-state index in [0.29, 0.717) is 5.91 Å². The Kier molecular flexibility index (Phi) is 21.3. The van der Waals surface area contributed by atoms with Crippen molar-refractivity contribution in [2.24, 2.45) is 0 Å². The maximum Gasteiger partial charge on any atom is 0.222 e. The summed E-state index contributed by atoms with van der Waals surface area (Å²) in [6.45, 7) is 8.63. The quantitative estimate of drug-likeness (QED) is 0.183. The molecule has 0 fully saturated rings. The Morgan fingerprint density at radius 1 is 0.481 bits per heavy atom. The van der Waals surface area contributed by atoms with Crippen LogP contribution in [0.2, 0.25) is 0 Å². The van der Waals surface area contributed by atoms with Crippen LogP contribution in [0, 0.1) is 0 Å². The highest BCUT2D eigenvalue weighted by Crippen LogP contribution is 2.14. The number of carbonyl (C=O) groups is 1. The van der Waals surface area contributed by atoms with E-state index in [1.165, 1.54) is 96.3 Å². The van der Waals surface area contributed by atoms with Crippen LogP contribution in [0.3, 0.4) is 0 Å². The largest absolute Gasteiger partial charge is 0.343 e. The van der Waals surface area contributed by atoms with Crippen LogP contribution in [0.5, 0.6) is 0 Å². The van der Waals surface area contributed by atoms with Crippen molar-refractivity contribution in [3.05, 3.63) is 0 Å². The molecular weight excluding hydrogens is 330 g/mol. The van der Waals surface area contributed by atoms with Gasteiger partial charge in [-0.2, -0.15) is 0 Å². The second-order valence-corrected chi connectivity index (χ2v) is 8.43. The number of hydrogen-bond acceptors (Lipinski definition) is 1. The zero-order chi connectivity index (χ0) is 20.0. The lowest BCUT2D eigenvalue weighted by molar-refractivity contribution is -0.131. The summed E-state index contributed by atoms with van der Waals surface area (Å²) in [5, 5.41) is 0. The first-order valence-corrected chi connectivity index (χ1v) is 12.5. The van der Waals surface area contributed by atoms with Crippen molar-refractivity contribution >= 4 is 5.91 Å². The molecule has 162 valence electrons. The zero-order valence-electron chi connectivity index (χ0n) is 19.2. The molecule has 0 spiro atoms. The highest BCUT2D eigenvalue weighted by molar-refractivity contribution is 5.76. The molecule has 0 aliphatic carbocycles. The molecule has 27 heavy (non-hydrogen) atoms. The van der Waals surface area contributed by atoms with E-state index in [9.17, 15) is 4.79 Å². The van der Waals surface area contributed by atoms with Gasteiger partial charge in [-0.05, 0) is 19.3 Å². The molecular formula is C25H51NO. The van der Waals surface area contributed by atoms with E-state index in [0.717, 1.165) is 38.8 Å². The van der Waals surface area contributed by atoms with Gasteiger partial charge in [0.2, 0.25) is 5.91 Å². The molecule has 0 bridgehead atoms. The molecule has 0 aromatic heterocycles. The molecule has 2 nitrogen and oxygen atoms in total. The van der Waals surface area contributed by atoms with E-state index < -0.39 is 0 Å². The third kappa shape index (κ3) is 18.6. The molecule has 0 saturated heterocycles. The molecule has 0 aromatic rings. The maximum atomic E-state index is 12.4. The number of amides is 1.